The highest BCUT2D eigenvalue weighted by Crippen LogP contribution is 2.23. The lowest BCUT2D eigenvalue weighted by atomic mass is 10.1. The fourth-order valence-electron chi connectivity index (χ4n) is 4.72. The summed E-state index contributed by atoms with van der Waals surface area (Å²) in [7, 11) is 0. The lowest BCUT2D eigenvalue weighted by Crippen LogP contribution is -2.52. The molecule has 2 saturated heterocycles. The number of amides is 2. The van der Waals surface area contributed by atoms with E-state index in [-0.39, 0.29) is 18.4 Å². The van der Waals surface area contributed by atoms with E-state index in [4.69, 9.17) is 4.74 Å². The highest BCUT2D eigenvalue weighted by atomic mass is 16.5. The van der Waals surface area contributed by atoms with Gasteiger partial charge in [-0.25, -0.2) is 0 Å². The van der Waals surface area contributed by atoms with E-state index < -0.39 is 0 Å². The quantitative estimate of drug-likeness (QED) is 0.507. The summed E-state index contributed by atoms with van der Waals surface area (Å²) in [5.41, 5.74) is 2.25. The van der Waals surface area contributed by atoms with Crippen LogP contribution in [0.2, 0.25) is 0 Å². The van der Waals surface area contributed by atoms with Crippen LogP contribution in [-0.4, -0.2) is 72.5 Å². The summed E-state index contributed by atoms with van der Waals surface area (Å²) < 4.78 is 5.88. The van der Waals surface area contributed by atoms with Crippen LogP contribution in [0.3, 0.4) is 0 Å². The van der Waals surface area contributed by atoms with Gasteiger partial charge in [-0.2, -0.15) is 0 Å². The normalized spacial score (nSPS) is 16.9. The maximum atomic E-state index is 13.0. The van der Waals surface area contributed by atoms with Crippen LogP contribution in [0.1, 0.15) is 29.6 Å². The second kappa shape index (κ2) is 10.2. The Hall–Kier alpha value is -3.45. The molecule has 0 aliphatic carbocycles. The summed E-state index contributed by atoms with van der Waals surface area (Å²) in [5, 5.41) is 0.914. The first-order chi connectivity index (χ1) is 16.7. The zero-order chi connectivity index (χ0) is 23.3. The van der Waals surface area contributed by atoms with E-state index in [1.54, 1.807) is 22.1 Å². The molecule has 0 N–H and O–H groups in total. The second-order valence-corrected chi connectivity index (χ2v) is 8.93. The number of piperazine rings is 1. The Kier molecular flexibility index (Phi) is 6.72. The van der Waals surface area contributed by atoms with Crippen molar-refractivity contribution in [3.8, 4) is 5.75 Å². The molecule has 0 bridgehead atoms. The molecule has 2 amide bonds. The lowest BCUT2D eigenvalue weighted by Gasteiger charge is -2.34. The number of fused-ring (bicyclic) bond motifs is 1. The summed E-state index contributed by atoms with van der Waals surface area (Å²) in [6.07, 6.45) is 5.37. The molecule has 2 aliphatic heterocycles. The molecule has 0 atom stereocenters. The van der Waals surface area contributed by atoms with Gasteiger partial charge in [0.15, 0.2) is 0 Å². The third kappa shape index (κ3) is 5.04. The lowest BCUT2D eigenvalue weighted by molar-refractivity contribution is -0.120. The van der Waals surface area contributed by atoms with E-state index in [1.807, 2.05) is 48.5 Å². The molecule has 5 rings (SSSR count). The van der Waals surface area contributed by atoms with Gasteiger partial charge in [0.1, 0.15) is 12.3 Å². The predicted molar refractivity (Wildman–Crippen MR) is 132 cm³/mol. The molecule has 3 aromatic rings. The van der Waals surface area contributed by atoms with E-state index >= 15 is 0 Å². The number of pyridine rings is 1. The number of carbonyl (C=O) groups is 2. The minimum Gasteiger partial charge on any atom is -0.494 e. The molecule has 0 saturated carbocycles. The third-order valence-electron chi connectivity index (χ3n) is 6.59. The molecule has 0 radical (unpaired) electrons. The largest absolute Gasteiger partial charge is 0.494 e. The summed E-state index contributed by atoms with van der Waals surface area (Å²) >= 11 is 0. The molecule has 2 aliphatic rings. The molecule has 0 unspecified atom stereocenters. The SMILES string of the molecule is O=C(c1ccc2ncccc2c1)N1CCN(c2ccc(OCCCN3CCCC3)cc2)C(=O)C1. The van der Waals surface area contributed by atoms with Crippen molar-refractivity contribution >= 4 is 28.4 Å². The maximum absolute atomic E-state index is 13.0. The molecular weight excluding hydrogens is 428 g/mol. The summed E-state index contributed by atoms with van der Waals surface area (Å²) in [6, 6.07) is 16.9. The van der Waals surface area contributed by atoms with Gasteiger partial charge in [0.2, 0.25) is 5.91 Å². The Balaban J connectivity index is 1.14. The number of aromatic nitrogens is 1. The minimum absolute atomic E-state index is 0.0681. The van der Waals surface area contributed by atoms with Crippen molar-refractivity contribution < 1.29 is 14.3 Å². The minimum atomic E-state index is -0.128. The van der Waals surface area contributed by atoms with Crippen LogP contribution in [-0.2, 0) is 4.79 Å². The van der Waals surface area contributed by atoms with Gasteiger partial charge in [-0.15, -0.1) is 0 Å². The van der Waals surface area contributed by atoms with Gasteiger partial charge in [-0.05, 0) is 80.9 Å². The average molecular weight is 459 g/mol. The standard InChI is InChI=1S/C27H30N4O3/c32-26-20-30(27(33)22-6-11-25-21(19-22)5-3-12-28-25)16-17-31(26)23-7-9-24(10-8-23)34-18-4-15-29-13-1-2-14-29/h3,5-12,19H,1-2,4,13-18,20H2. The molecule has 7 nitrogen and oxygen atoms in total. The Morgan fingerprint density at radius 2 is 1.79 bits per heavy atom. The van der Waals surface area contributed by atoms with E-state index in [0.717, 1.165) is 35.3 Å². The molecule has 1 aromatic heterocycles. The third-order valence-corrected chi connectivity index (χ3v) is 6.59. The predicted octanol–water partition coefficient (Wildman–Crippen LogP) is 3.59. The van der Waals surface area contributed by atoms with E-state index in [1.165, 1.54) is 25.9 Å². The van der Waals surface area contributed by atoms with Crippen LogP contribution >= 0.6 is 0 Å². The van der Waals surface area contributed by atoms with Crippen molar-refractivity contribution in [2.45, 2.75) is 19.3 Å². The first kappa shape index (κ1) is 22.3. The van der Waals surface area contributed by atoms with Crippen molar-refractivity contribution in [1.82, 2.24) is 14.8 Å². The zero-order valence-corrected chi connectivity index (χ0v) is 19.4. The van der Waals surface area contributed by atoms with Crippen molar-refractivity contribution in [2.24, 2.45) is 0 Å². The van der Waals surface area contributed by atoms with Gasteiger partial charge in [-0.1, -0.05) is 6.07 Å². The number of likely N-dealkylation sites (tertiary alicyclic amines) is 1. The topological polar surface area (TPSA) is 66.0 Å². The number of hydrogen-bond donors (Lipinski definition) is 0. The van der Waals surface area contributed by atoms with Crippen LogP contribution in [0.25, 0.3) is 10.9 Å². The van der Waals surface area contributed by atoms with E-state index in [2.05, 4.69) is 9.88 Å². The average Bonchev–Trinajstić information content (AvgIpc) is 3.40. The molecule has 2 fully saturated rings. The Morgan fingerprint density at radius 3 is 2.59 bits per heavy atom. The number of hydrogen-bond acceptors (Lipinski definition) is 5. The van der Waals surface area contributed by atoms with Gasteiger partial charge in [-0.3, -0.25) is 14.6 Å². The number of carbonyl (C=O) groups excluding carboxylic acids is 2. The summed E-state index contributed by atoms with van der Waals surface area (Å²) in [4.78, 5) is 36.0. The maximum Gasteiger partial charge on any atom is 0.254 e. The smallest absolute Gasteiger partial charge is 0.254 e. The zero-order valence-electron chi connectivity index (χ0n) is 19.4. The van der Waals surface area contributed by atoms with Gasteiger partial charge in [0.25, 0.3) is 5.91 Å². The molecule has 3 heterocycles. The van der Waals surface area contributed by atoms with Crippen LogP contribution in [0.15, 0.2) is 60.8 Å². The highest BCUT2D eigenvalue weighted by molar-refractivity contribution is 6.03. The number of benzene rings is 2. The van der Waals surface area contributed by atoms with Crippen molar-refractivity contribution in [3.05, 3.63) is 66.4 Å². The van der Waals surface area contributed by atoms with Crippen LogP contribution < -0.4 is 9.64 Å². The van der Waals surface area contributed by atoms with Gasteiger partial charge in [0.05, 0.1) is 12.1 Å². The van der Waals surface area contributed by atoms with Crippen molar-refractivity contribution in [3.63, 3.8) is 0 Å². The number of rotatable bonds is 7. The van der Waals surface area contributed by atoms with E-state index in [9.17, 15) is 9.59 Å². The van der Waals surface area contributed by atoms with Gasteiger partial charge in [0, 0.05) is 42.5 Å². The summed E-state index contributed by atoms with van der Waals surface area (Å²) in [5.74, 6) is 0.606. The number of ether oxygens (including phenoxy) is 1. The second-order valence-electron chi connectivity index (χ2n) is 8.93. The van der Waals surface area contributed by atoms with Crippen LogP contribution in [0.5, 0.6) is 5.75 Å². The fraction of sp³-hybridized carbons (Fsp3) is 0.370. The monoisotopic (exact) mass is 458 g/mol. The Morgan fingerprint density at radius 1 is 0.971 bits per heavy atom. The molecule has 0 spiro atoms. The molecule has 2 aromatic carbocycles. The number of nitrogens with zero attached hydrogens (tertiary/aromatic N) is 4. The van der Waals surface area contributed by atoms with Crippen LogP contribution in [0.4, 0.5) is 5.69 Å². The Labute approximate surface area is 199 Å². The van der Waals surface area contributed by atoms with E-state index in [0.29, 0.717) is 25.3 Å². The van der Waals surface area contributed by atoms with Crippen LogP contribution in [0, 0.1) is 0 Å². The molecule has 34 heavy (non-hydrogen) atoms. The fourth-order valence-corrected chi connectivity index (χ4v) is 4.72. The molecular formula is C27H30N4O3. The van der Waals surface area contributed by atoms with Crippen molar-refractivity contribution in [2.75, 3.05) is 50.8 Å². The van der Waals surface area contributed by atoms with Gasteiger partial charge >= 0.3 is 0 Å². The van der Waals surface area contributed by atoms with Gasteiger partial charge < -0.3 is 19.4 Å². The Bertz CT molecular complexity index is 1160. The molecule has 176 valence electrons. The molecule has 7 heteroatoms. The first-order valence-electron chi connectivity index (χ1n) is 12.1. The first-order valence-corrected chi connectivity index (χ1v) is 12.1. The summed E-state index contributed by atoms with van der Waals surface area (Å²) in [6.45, 7) is 5.23. The van der Waals surface area contributed by atoms with Crippen molar-refractivity contribution in [1.29, 1.82) is 0 Å². The highest BCUT2D eigenvalue weighted by Gasteiger charge is 2.28. The number of anilines is 1.